The molecule has 0 aromatic heterocycles. The molecular weight excluding hydrogens is 504 g/mol. The van der Waals surface area contributed by atoms with Crippen LogP contribution < -0.4 is 4.74 Å². The van der Waals surface area contributed by atoms with Crippen molar-refractivity contribution in [3.63, 3.8) is 0 Å². The highest BCUT2D eigenvalue weighted by molar-refractivity contribution is 5.45. The van der Waals surface area contributed by atoms with Crippen LogP contribution in [0.3, 0.4) is 0 Å². The normalized spacial score (nSPS) is 42.0. The summed E-state index contributed by atoms with van der Waals surface area (Å²) in [5.74, 6) is 7.28. The van der Waals surface area contributed by atoms with E-state index in [1.54, 1.807) is 0 Å². The number of benzene rings is 1. The summed E-state index contributed by atoms with van der Waals surface area (Å²) in [5, 5.41) is 24.2. The fourth-order valence-electron chi connectivity index (χ4n) is 9.46. The van der Waals surface area contributed by atoms with E-state index in [2.05, 4.69) is 43.0 Å². The summed E-state index contributed by atoms with van der Waals surface area (Å²) in [4.78, 5) is 0. The summed E-state index contributed by atoms with van der Waals surface area (Å²) in [6.45, 7) is 6.07. The lowest BCUT2D eigenvalue weighted by Gasteiger charge is -2.57. The van der Waals surface area contributed by atoms with E-state index in [-0.39, 0.29) is 17.6 Å². The van der Waals surface area contributed by atoms with Crippen LogP contribution in [-0.2, 0) is 14.2 Å². The van der Waals surface area contributed by atoms with Crippen molar-refractivity contribution in [2.75, 3.05) is 19.8 Å². The van der Waals surface area contributed by atoms with Crippen LogP contribution in [0, 0.1) is 29.1 Å². The van der Waals surface area contributed by atoms with Gasteiger partial charge in [-0.2, -0.15) is 0 Å². The third kappa shape index (κ3) is 4.19. The van der Waals surface area contributed by atoms with Crippen molar-refractivity contribution in [1.29, 1.82) is 0 Å². The van der Waals surface area contributed by atoms with Crippen LogP contribution in [0.4, 0.5) is 0 Å². The molecule has 3 saturated carbocycles. The lowest BCUT2D eigenvalue weighted by atomic mass is 9.49. The molecule has 0 bridgehead atoms. The van der Waals surface area contributed by atoms with Crippen LogP contribution >= 0.6 is 0 Å². The molecule has 7 atom stereocenters. The van der Waals surface area contributed by atoms with E-state index >= 15 is 0 Å². The molecule has 1 spiro atoms. The van der Waals surface area contributed by atoms with Gasteiger partial charge in [0, 0.05) is 30.6 Å². The van der Waals surface area contributed by atoms with Crippen molar-refractivity contribution in [2.24, 2.45) is 17.3 Å². The van der Waals surface area contributed by atoms with E-state index in [9.17, 15) is 10.2 Å². The van der Waals surface area contributed by atoms with Crippen LogP contribution in [0.25, 0.3) is 0 Å². The molecule has 6 aliphatic rings. The third-order valence-corrected chi connectivity index (χ3v) is 11.4. The Hall–Kier alpha value is -1.88. The first-order chi connectivity index (χ1) is 19.3. The minimum atomic E-state index is -0.988. The number of ether oxygens (including phenoxy) is 4. The van der Waals surface area contributed by atoms with Gasteiger partial charge in [-0.1, -0.05) is 30.6 Å². The lowest BCUT2D eigenvalue weighted by Crippen LogP contribution is -2.55. The Bertz CT molecular complexity index is 1220. The summed E-state index contributed by atoms with van der Waals surface area (Å²) in [5.41, 5.74) is 1.65. The van der Waals surface area contributed by atoms with Gasteiger partial charge in [0.1, 0.15) is 11.4 Å². The van der Waals surface area contributed by atoms with E-state index in [4.69, 9.17) is 18.9 Å². The third-order valence-electron chi connectivity index (χ3n) is 11.4. The van der Waals surface area contributed by atoms with Crippen LogP contribution in [0.15, 0.2) is 35.4 Å². The van der Waals surface area contributed by atoms with Gasteiger partial charge in [-0.3, -0.25) is 0 Å². The van der Waals surface area contributed by atoms with Crippen LogP contribution in [0.2, 0.25) is 0 Å². The lowest BCUT2D eigenvalue weighted by molar-refractivity contribution is -0.208. The van der Waals surface area contributed by atoms with E-state index in [1.165, 1.54) is 16.7 Å². The van der Waals surface area contributed by atoms with Crippen molar-refractivity contribution in [3.05, 3.63) is 41.0 Å². The molecule has 1 unspecified atom stereocenters. The highest BCUT2D eigenvalue weighted by Gasteiger charge is 2.64. The van der Waals surface area contributed by atoms with Crippen LogP contribution in [0.5, 0.6) is 5.75 Å². The quantitative estimate of drug-likeness (QED) is 0.378. The zero-order valence-electron chi connectivity index (χ0n) is 24.0. The molecule has 6 heteroatoms. The van der Waals surface area contributed by atoms with Crippen molar-refractivity contribution < 1.29 is 29.2 Å². The summed E-state index contributed by atoms with van der Waals surface area (Å²) >= 11 is 0. The van der Waals surface area contributed by atoms with E-state index in [0.29, 0.717) is 37.9 Å². The Morgan fingerprint density at radius 3 is 2.48 bits per heavy atom. The highest BCUT2D eigenvalue weighted by atomic mass is 16.7. The molecule has 6 nitrogen and oxygen atoms in total. The average molecular weight is 549 g/mol. The van der Waals surface area contributed by atoms with E-state index in [0.717, 1.165) is 70.1 Å². The van der Waals surface area contributed by atoms with Crippen molar-refractivity contribution >= 4 is 0 Å². The van der Waals surface area contributed by atoms with Gasteiger partial charge in [0.2, 0.25) is 0 Å². The molecule has 40 heavy (non-hydrogen) atoms. The molecule has 4 aliphatic carbocycles. The molecule has 0 radical (unpaired) electrons. The smallest absolute Gasteiger partial charge is 0.199 e. The summed E-state index contributed by atoms with van der Waals surface area (Å²) < 4.78 is 24.1. The number of fused-ring (bicyclic) bond motifs is 4. The van der Waals surface area contributed by atoms with Gasteiger partial charge >= 0.3 is 0 Å². The predicted octanol–water partition coefficient (Wildman–Crippen LogP) is 5.61. The zero-order valence-corrected chi connectivity index (χ0v) is 24.0. The minimum absolute atomic E-state index is 0.107. The molecular formula is C34H44O6. The Morgan fingerprint density at radius 2 is 1.75 bits per heavy atom. The van der Waals surface area contributed by atoms with Gasteiger partial charge in [0.25, 0.3) is 0 Å². The second-order valence-corrected chi connectivity index (χ2v) is 13.4. The van der Waals surface area contributed by atoms with Crippen LogP contribution in [-0.4, -0.2) is 53.3 Å². The van der Waals surface area contributed by atoms with Crippen molar-refractivity contribution in [1.82, 2.24) is 0 Å². The topological polar surface area (TPSA) is 77.4 Å². The predicted molar refractivity (Wildman–Crippen MR) is 150 cm³/mol. The Kier molecular flexibility index (Phi) is 6.64. The average Bonchev–Trinajstić information content (AvgIpc) is 3.50. The maximum Gasteiger partial charge on any atom is 0.199 e. The summed E-state index contributed by atoms with van der Waals surface area (Å²) in [6.07, 6.45) is 9.21. The Balaban J connectivity index is 1.28. The van der Waals surface area contributed by atoms with Gasteiger partial charge in [-0.05, 0) is 93.4 Å². The molecule has 7 rings (SSSR count). The molecule has 5 fully saturated rings. The molecule has 2 heterocycles. The van der Waals surface area contributed by atoms with Gasteiger partial charge < -0.3 is 29.2 Å². The Morgan fingerprint density at radius 1 is 0.950 bits per heavy atom. The maximum absolute atomic E-state index is 12.2. The van der Waals surface area contributed by atoms with Crippen LogP contribution in [0.1, 0.15) is 96.0 Å². The number of rotatable bonds is 3. The first-order valence-electron chi connectivity index (χ1n) is 15.6. The maximum atomic E-state index is 12.2. The fourth-order valence-corrected chi connectivity index (χ4v) is 9.46. The monoisotopic (exact) mass is 548 g/mol. The van der Waals surface area contributed by atoms with E-state index < -0.39 is 17.0 Å². The largest absolute Gasteiger partial charge is 0.465 e. The summed E-state index contributed by atoms with van der Waals surface area (Å²) in [6, 6.07) is 8.52. The molecule has 216 valence electrons. The first-order valence-corrected chi connectivity index (χ1v) is 15.6. The van der Waals surface area contributed by atoms with Crippen molar-refractivity contribution in [2.45, 2.75) is 114 Å². The number of aliphatic hydroxyl groups is 2. The van der Waals surface area contributed by atoms with Gasteiger partial charge in [-0.15, -0.1) is 5.92 Å². The SMILES string of the molecule is CC#C[C@]1(O)CC[C@H]2[C@@H]3CC[C@@]4(O)CC5(CCC4=C3[C@@H](c3ccc(OC4CCCCO4)cc3)C[C@@]21C)OCCO5. The minimum Gasteiger partial charge on any atom is -0.465 e. The van der Waals surface area contributed by atoms with Gasteiger partial charge in [0.05, 0.1) is 25.4 Å². The van der Waals surface area contributed by atoms with E-state index in [1.807, 2.05) is 6.92 Å². The number of hydrogen-bond acceptors (Lipinski definition) is 6. The molecule has 2 aliphatic heterocycles. The Labute approximate surface area is 238 Å². The molecule has 0 amide bonds. The molecule has 2 N–H and O–H groups in total. The molecule has 1 aromatic rings. The van der Waals surface area contributed by atoms with Gasteiger partial charge in [0.15, 0.2) is 12.1 Å². The fraction of sp³-hybridized carbons (Fsp3) is 0.706. The van der Waals surface area contributed by atoms with Crippen molar-refractivity contribution in [3.8, 4) is 17.6 Å². The second-order valence-electron chi connectivity index (χ2n) is 13.4. The number of allylic oxidation sites excluding steroid dienone is 1. The standard InChI is InChI=1S/C34H44O6/c1-3-14-33(36)16-12-27-25-11-15-32(35)22-34(38-19-20-39-34)17-13-28(32)30(25)26(21-31(27,33)2)23-7-9-24(10-8-23)40-29-6-4-5-18-37-29/h7-10,25-27,29,35-36H,4-6,11-13,15-22H2,1-2H3/t25-,26+,27-,29?,31-,32+,33-/m0/s1. The number of hydrogen-bond donors (Lipinski definition) is 2. The summed E-state index contributed by atoms with van der Waals surface area (Å²) in [7, 11) is 0. The molecule has 2 saturated heterocycles. The molecule has 1 aromatic carbocycles. The highest BCUT2D eigenvalue weighted by Crippen LogP contribution is 2.67. The second kappa shape index (κ2) is 9.85. The van der Waals surface area contributed by atoms with Gasteiger partial charge in [-0.25, -0.2) is 0 Å². The zero-order chi connectivity index (χ0) is 27.6. The first kappa shape index (κ1) is 27.0.